The van der Waals surface area contributed by atoms with Crippen molar-refractivity contribution in [3.63, 3.8) is 0 Å². The Hall–Kier alpha value is 1.01. The highest BCUT2D eigenvalue weighted by molar-refractivity contribution is 9.24. The number of halogens is 1. The second-order valence-corrected chi connectivity index (χ2v) is 11.2. The van der Waals surface area contributed by atoms with Gasteiger partial charge in [0.2, 0.25) is 0 Å². The van der Waals surface area contributed by atoms with E-state index in [1.165, 1.54) is 74.8 Å². The molecule has 2 heteroatoms. The van der Waals surface area contributed by atoms with Crippen LogP contribution in [0.3, 0.4) is 0 Å². The largest absolute Gasteiger partial charge is 0.365 e. The number of rotatable bonds is 12. The normalized spacial score (nSPS) is 10.7. The van der Waals surface area contributed by atoms with Crippen LogP contribution >= 0.6 is 14.1 Å². The van der Waals surface area contributed by atoms with Crippen LogP contribution in [-0.4, -0.2) is 12.3 Å². The second-order valence-electron chi connectivity index (χ2n) is 5.00. The molecule has 0 spiro atoms. The SMILES string of the molecule is CCCCCC[CH2][Al]([Br])[CH2]CCCCCC. The lowest BCUT2D eigenvalue weighted by Gasteiger charge is -2.04. The highest BCUT2D eigenvalue weighted by atomic mass is 79.9. The van der Waals surface area contributed by atoms with E-state index >= 15 is 0 Å². The molecule has 0 amide bonds. The van der Waals surface area contributed by atoms with Crippen LogP contribution in [-0.2, 0) is 0 Å². The third kappa shape index (κ3) is 13.1. The van der Waals surface area contributed by atoms with Crippen molar-refractivity contribution in [3.05, 3.63) is 0 Å². The molecule has 0 aliphatic heterocycles. The van der Waals surface area contributed by atoms with Gasteiger partial charge in [-0.25, -0.2) is 14.1 Å². The van der Waals surface area contributed by atoms with E-state index in [9.17, 15) is 0 Å². The van der Waals surface area contributed by atoms with Gasteiger partial charge < -0.3 is 0 Å². The van der Waals surface area contributed by atoms with Gasteiger partial charge in [-0.1, -0.05) is 88.6 Å². The fraction of sp³-hybridized carbons (Fsp3) is 1.00. The van der Waals surface area contributed by atoms with Crippen molar-refractivity contribution in [2.45, 2.75) is 88.6 Å². The Morgan fingerprint density at radius 3 is 1.38 bits per heavy atom. The summed E-state index contributed by atoms with van der Waals surface area (Å²) in [7, 11) is 0. The van der Waals surface area contributed by atoms with Crippen molar-refractivity contribution in [2.24, 2.45) is 0 Å². The third-order valence-electron chi connectivity index (χ3n) is 3.24. The predicted octanol–water partition coefficient (Wildman–Crippen LogP) is 6.31. The van der Waals surface area contributed by atoms with Gasteiger partial charge in [-0.05, 0) is 0 Å². The summed E-state index contributed by atoms with van der Waals surface area (Å²) in [6.07, 6.45) is 14.4. The standard InChI is InChI=1S/2C7H15.Al.BrH/c2*1-3-5-7-6-4-2;;/h2*1,3-7H2,2H3;;1H/q;;+1;/p-1. The van der Waals surface area contributed by atoms with Crippen LogP contribution in [0.1, 0.15) is 78.1 Å². The fourth-order valence-electron chi connectivity index (χ4n) is 2.08. The summed E-state index contributed by atoms with van der Waals surface area (Å²) in [5.74, 6) is 0. The first-order chi connectivity index (χ1) is 7.81. The Labute approximate surface area is 115 Å². The van der Waals surface area contributed by atoms with Crippen molar-refractivity contribution in [3.8, 4) is 0 Å². The molecule has 0 nitrogen and oxygen atoms in total. The highest BCUT2D eigenvalue weighted by Gasteiger charge is 2.11. The second kappa shape index (κ2) is 14.1. The molecule has 0 rings (SSSR count). The third-order valence-corrected chi connectivity index (χ3v) is 8.06. The molecular formula is C14H30AlBr. The molecule has 0 aromatic rings. The molecule has 0 fully saturated rings. The molecule has 0 bridgehead atoms. The van der Waals surface area contributed by atoms with Crippen molar-refractivity contribution in [1.82, 2.24) is 0 Å². The van der Waals surface area contributed by atoms with Crippen molar-refractivity contribution in [1.29, 1.82) is 0 Å². The maximum absolute atomic E-state index is 3.96. The Morgan fingerprint density at radius 2 is 1.00 bits per heavy atom. The number of unbranched alkanes of at least 4 members (excludes halogenated alkanes) is 8. The van der Waals surface area contributed by atoms with Crippen molar-refractivity contribution < 1.29 is 0 Å². The molecule has 0 radical (unpaired) electrons. The first-order valence-electron chi connectivity index (χ1n) is 7.45. The molecule has 0 saturated heterocycles. The van der Waals surface area contributed by atoms with Crippen LogP contribution in [0.4, 0.5) is 0 Å². The van der Waals surface area contributed by atoms with Crippen LogP contribution in [0.5, 0.6) is 0 Å². The zero-order valence-electron chi connectivity index (χ0n) is 11.4. The minimum absolute atomic E-state index is 0.493. The van der Waals surface area contributed by atoms with E-state index in [0.29, 0.717) is 0 Å². The summed E-state index contributed by atoms with van der Waals surface area (Å²) < 4.78 is 0. The molecule has 0 saturated carbocycles. The predicted molar refractivity (Wildman–Crippen MR) is 81.8 cm³/mol. The first-order valence-corrected chi connectivity index (χ1v) is 12.3. The van der Waals surface area contributed by atoms with Gasteiger partial charge in [-0.2, -0.15) is 0 Å². The molecular weight excluding hydrogens is 275 g/mol. The Bertz CT molecular complexity index is 114. The Kier molecular flexibility index (Phi) is 15.0. The van der Waals surface area contributed by atoms with Crippen molar-refractivity contribution >= 4 is 26.4 Å². The lowest BCUT2D eigenvalue weighted by molar-refractivity contribution is 0.647. The molecule has 96 valence electrons. The van der Waals surface area contributed by atoms with E-state index in [1.54, 1.807) is 0 Å². The molecule has 0 atom stereocenters. The van der Waals surface area contributed by atoms with Gasteiger partial charge in [-0.3, -0.25) is 0 Å². The Balaban J connectivity index is 3.09. The van der Waals surface area contributed by atoms with Crippen molar-refractivity contribution in [2.75, 3.05) is 0 Å². The smallest absolute Gasteiger partial charge is 0.217 e. The minimum atomic E-state index is -0.493. The molecule has 0 aromatic heterocycles. The average molecular weight is 305 g/mol. The van der Waals surface area contributed by atoms with E-state index < -0.39 is 12.3 Å². The van der Waals surface area contributed by atoms with E-state index in [4.69, 9.17) is 0 Å². The van der Waals surface area contributed by atoms with Gasteiger partial charge >= 0.3 is 12.3 Å². The summed E-state index contributed by atoms with van der Waals surface area (Å²) in [5, 5.41) is 3.05. The van der Waals surface area contributed by atoms with Crippen LogP contribution in [0.2, 0.25) is 10.6 Å². The maximum atomic E-state index is 3.96. The quantitative estimate of drug-likeness (QED) is 0.292. The molecule has 0 N–H and O–H groups in total. The monoisotopic (exact) mass is 304 g/mol. The van der Waals surface area contributed by atoms with E-state index in [1.807, 2.05) is 0 Å². The number of hydrogen-bond acceptors (Lipinski definition) is 0. The zero-order valence-corrected chi connectivity index (χ0v) is 14.2. The lowest BCUT2D eigenvalue weighted by atomic mass is 10.2. The van der Waals surface area contributed by atoms with Crippen LogP contribution in [0, 0.1) is 0 Å². The summed E-state index contributed by atoms with van der Waals surface area (Å²) in [6.45, 7) is 4.58. The minimum Gasteiger partial charge on any atom is -0.217 e. The van der Waals surface area contributed by atoms with Gasteiger partial charge in [0.1, 0.15) is 0 Å². The van der Waals surface area contributed by atoms with Gasteiger partial charge in [0.05, 0.1) is 0 Å². The van der Waals surface area contributed by atoms with Crippen LogP contribution in [0.25, 0.3) is 0 Å². The summed E-state index contributed by atoms with van der Waals surface area (Å²) in [5.41, 5.74) is 0. The van der Waals surface area contributed by atoms with E-state index in [0.717, 1.165) is 0 Å². The molecule has 0 aliphatic rings. The molecule has 16 heavy (non-hydrogen) atoms. The maximum Gasteiger partial charge on any atom is 0.365 e. The highest BCUT2D eigenvalue weighted by Crippen LogP contribution is 2.17. The van der Waals surface area contributed by atoms with Gasteiger partial charge in [0, 0.05) is 0 Å². The van der Waals surface area contributed by atoms with Crippen LogP contribution in [0.15, 0.2) is 0 Å². The van der Waals surface area contributed by atoms with Crippen LogP contribution < -0.4 is 0 Å². The summed E-state index contributed by atoms with van der Waals surface area (Å²) in [6, 6.07) is 0. The lowest BCUT2D eigenvalue weighted by Crippen LogP contribution is -2.01. The molecule has 0 unspecified atom stereocenters. The number of hydrogen-bond donors (Lipinski definition) is 0. The first kappa shape index (κ1) is 17.0. The zero-order chi connectivity index (χ0) is 12.1. The molecule has 0 heterocycles. The summed E-state index contributed by atoms with van der Waals surface area (Å²) >= 11 is 3.46. The molecule has 0 aliphatic carbocycles. The van der Waals surface area contributed by atoms with Gasteiger partial charge in [-0.15, -0.1) is 0 Å². The van der Waals surface area contributed by atoms with E-state index in [-0.39, 0.29) is 0 Å². The van der Waals surface area contributed by atoms with E-state index in [2.05, 4.69) is 27.9 Å². The Morgan fingerprint density at radius 1 is 0.625 bits per heavy atom. The van der Waals surface area contributed by atoms with Gasteiger partial charge in [0.15, 0.2) is 0 Å². The molecule has 0 aromatic carbocycles. The average Bonchev–Trinajstić information content (AvgIpc) is 2.28. The summed E-state index contributed by atoms with van der Waals surface area (Å²) in [4.78, 5) is 0. The van der Waals surface area contributed by atoms with Gasteiger partial charge in [0.25, 0.3) is 0 Å². The fourth-order valence-corrected chi connectivity index (χ4v) is 5.78. The topological polar surface area (TPSA) is 0 Å².